The lowest BCUT2D eigenvalue weighted by Gasteiger charge is -1.81. The second kappa shape index (κ2) is 3.55. The van der Waals surface area contributed by atoms with Crippen molar-refractivity contribution in [2.45, 2.75) is 6.92 Å². The molecule has 0 unspecified atom stereocenters. The van der Waals surface area contributed by atoms with E-state index in [9.17, 15) is 0 Å². The zero-order chi connectivity index (χ0) is 8.10. The van der Waals surface area contributed by atoms with Crippen molar-refractivity contribution < 1.29 is 9.73 Å². The minimum Gasteiger partial charge on any atom is -0.411 e. The summed E-state index contributed by atoms with van der Waals surface area (Å²) in [5.41, 5.74) is 0.880. The molecule has 4 nitrogen and oxygen atoms in total. The molecule has 0 aliphatic heterocycles. The molecule has 0 radical (unpaired) electrons. The fourth-order valence-corrected chi connectivity index (χ4v) is 0.651. The van der Waals surface area contributed by atoms with Crippen molar-refractivity contribution >= 4 is 12.3 Å². The third kappa shape index (κ3) is 1.93. The molecular weight excluding hydrogens is 144 g/mol. The van der Waals surface area contributed by atoms with E-state index in [4.69, 9.17) is 9.73 Å². The SMILES string of the molecule is Cc1oncc1C=C/C=N/O. The minimum atomic E-state index is 0.743. The van der Waals surface area contributed by atoms with Crippen LogP contribution in [0.3, 0.4) is 0 Å². The fourth-order valence-electron chi connectivity index (χ4n) is 0.651. The van der Waals surface area contributed by atoms with E-state index in [-0.39, 0.29) is 0 Å². The lowest BCUT2D eigenvalue weighted by atomic mass is 10.2. The minimum absolute atomic E-state index is 0.743. The highest BCUT2D eigenvalue weighted by Crippen LogP contribution is 2.06. The van der Waals surface area contributed by atoms with E-state index in [0.717, 1.165) is 11.3 Å². The van der Waals surface area contributed by atoms with Crippen LogP contribution in [-0.2, 0) is 0 Å². The molecule has 1 aromatic rings. The maximum Gasteiger partial charge on any atom is 0.140 e. The van der Waals surface area contributed by atoms with Crippen LogP contribution in [0.2, 0.25) is 0 Å². The Morgan fingerprint density at radius 3 is 3.09 bits per heavy atom. The van der Waals surface area contributed by atoms with Crippen molar-refractivity contribution in [2.24, 2.45) is 5.16 Å². The van der Waals surface area contributed by atoms with Gasteiger partial charge in [0, 0.05) is 5.56 Å². The van der Waals surface area contributed by atoms with Gasteiger partial charge in [-0.15, -0.1) is 0 Å². The molecule has 58 valence electrons. The Bertz CT molecular complexity index is 276. The highest BCUT2D eigenvalue weighted by molar-refractivity contribution is 5.77. The summed E-state index contributed by atoms with van der Waals surface area (Å²) < 4.78 is 4.79. The zero-order valence-corrected chi connectivity index (χ0v) is 6.06. The molecule has 0 saturated heterocycles. The number of rotatable bonds is 2. The smallest absolute Gasteiger partial charge is 0.140 e. The molecule has 0 aromatic carbocycles. The molecule has 0 bridgehead atoms. The molecule has 0 amide bonds. The zero-order valence-electron chi connectivity index (χ0n) is 6.06. The van der Waals surface area contributed by atoms with Crippen molar-refractivity contribution in [3.63, 3.8) is 0 Å². The first-order chi connectivity index (χ1) is 5.34. The first-order valence-corrected chi connectivity index (χ1v) is 3.10. The van der Waals surface area contributed by atoms with Gasteiger partial charge in [0.2, 0.25) is 0 Å². The van der Waals surface area contributed by atoms with Crippen LogP contribution in [-0.4, -0.2) is 16.6 Å². The molecule has 1 heterocycles. The molecular formula is C7H8N2O2. The number of aryl methyl sites for hydroxylation is 1. The van der Waals surface area contributed by atoms with Crippen LogP contribution in [0.1, 0.15) is 11.3 Å². The van der Waals surface area contributed by atoms with Crippen LogP contribution < -0.4 is 0 Å². The molecule has 0 spiro atoms. The summed E-state index contributed by atoms with van der Waals surface area (Å²) in [6.45, 7) is 1.81. The fraction of sp³-hybridized carbons (Fsp3) is 0.143. The first kappa shape index (κ1) is 7.53. The molecule has 1 rings (SSSR count). The molecule has 11 heavy (non-hydrogen) atoms. The van der Waals surface area contributed by atoms with E-state index in [0.29, 0.717) is 0 Å². The van der Waals surface area contributed by atoms with Crippen molar-refractivity contribution in [1.29, 1.82) is 0 Å². The predicted molar refractivity (Wildman–Crippen MR) is 40.6 cm³/mol. The number of hydrogen-bond donors (Lipinski definition) is 1. The molecule has 0 aliphatic carbocycles. The lowest BCUT2D eigenvalue weighted by molar-refractivity contribution is 0.322. The predicted octanol–water partition coefficient (Wildman–Crippen LogP) is 1.46. The van der Waals surface area contributed by atoms with Crippen LogP contribution in [0.25, 0.3) is 6.08 Å². The molecule has 1 aromatic heterocycles. The molecule has 0 fully saturated rings. The van der Waals surface area contributed by atoms with Crippen LogP contribution >= 0.6 is 0 Å². The Hall–Kier alpha value is -1.58. The summed E-state index contributed by atoms with van der Waals surface area (Å²) >= 11 is 0. The molecule has 0 atom stereocenters. The third-order valence-corrected chi connectivity index (χ3v) is 1.22. The third-order valence-electron chi connectivity index (χ3n) is 1.22. The van der Waals surface area contributed by atoms with E-state index in [2.05, 4.69) is 10.3 Å². The summed E-state index contributed by atoms with van der Waals surface area (Å²) in [5.74, 6) is 0.743. The van der Waals surface area contributed by atoms with Gasteiger partial charge in [0.05, 0.1) is 12.4 Å². The Labute approximate surface area is 63.8 Å². The molecule has 4 heteroatoms. The van der Waals surface area contributed by atoms with E-state index in [1.54, 1.807) is 18.3 Å². The second-order valence-corrected chi connectivity index (χ2v) is 1.96. The van der Waals surface area contributed by atoms with Crippen LogP contribution in [0, 0.1) is 6.92 Å². The van der Waals surface area contributed by atoms with Gasteiger partial charge in [-0.25, -0.2) is 0 Å². The van der Waals surface area contributed by atoms with E-state index < -0.39 is 0 Å². The summed E-state index contributed by atoms with van der Waals surface area (Å²) in [5, 5.41) is 14.4. The van der Waals surface area contributed by atoms with Gasteiger partial charge in [0.15, 0.2) is 0 Å². The summed E-state index contributed by atoms with van der Waals surface area (Å²) in [6, 6.07) is 0. The average molecular weight is 152 g/mol. The number of hydrogen-bond acceptors (Lipinski definition) is 4. The summed E-state index contributed by atoms with van der Waals surface area (Å²) in [7, 11) is 0. The average Bonchev–Trinajstić information content (AvgIpc) is 2.37. The lowest BCUT2D eigenvalue weighted by Crippen LogP contribution is -1.69. The standard InChI is InChI=1S/C7H8N2O2/c1-6-7(5-9-11-6)3-2-4-8-10/h2-5,10H,1H3/b3-2?,8-4+. The maximum atomic E-state index is 8.04. The number of aromatic nitrogens is 1. The normalized spacial score (nSPS) is 11.7. The Balaban J connectivity index is 2.71. The second-order valence-electron chi connectivity index (χ2n) is 1.96. The Morgan fingerprint density at radius 2 is 2.55 bits per heavy atom. The van der Waals surface area contributed by atoms with Crippen molar-refractivity contribution in [1.82, 2.24) is 5.16 Å². The first-order valence-electron chi connectivity index (χ1n) is 3.10. The summed E-state index contributed by atoms with van der Waals surface area (Å²) in [6.07, 6.45) is 6.20. The number of oxime groups is 1. The van der Waals surface area contributed by atoms with Gasteiger partial charge in [-0.1, -0.05) is 10.3 Å². The molecule has 0 aliphatic rings. The van der Waals surface area contributed by atoms with Gasteiger partial charge < -0.3 is 9.73 Å². The highest BCUT2D eigenvalue weighted by atomic mass is 16.5. The van der Waals surface area contributed by atoms with Crippen molar-refractivity contribution in [2.75, 3.05) is 0 Å². The number of nitrogens with zero attached hydrogens (tertiary/aromatic N) is 2. The maximum absolute atomic E-state index is 8.04. The van der Waals surface area contributed by atoms with Crippen molar-refractivity contribution in [3.8, 4) is 0 Å². The van der Waals surface area contributed by atoms with Crippen LogP contribution in [0.15, 0.2) is 22.0 Å². The van der Waals surface area contributed by atoms with E-state index >= 15 is 0 Å². The molecule has 1 N–H and O–H groups in total. The topological polar surface area (TPSA) is 58.6 Å². The van der Waals surface area contributed by atoms with Gasteiger partial charge in [-0.3, -0.25) is 0 Å². The van der Waals surface area contributed by atoms with Gasteiger partial charge >= 0.3 is 0 Å². The van der Waals surface area contributed by atoms with Crippen LogP contribution in [0.5, 0.6) is 0 Å². The molecule has 0 saturated carbocycles. The van der Waals surface area contributed by atoms with Crippen LogP contribution in [0.4, 0.5) is 0 Å². The number of allylic oxidation sites excluding steroid dienone is 1. The largest absolute Gasteiger partial charge is 0.411 e. The van der Waals surface area contributed by atoms with Gasteiger partial charge in [0.25, 0.3) is 0 Å². The van der Waals surface area contributed by atoms with Gasteiger partial charge in [0.1, 0.15) is 5.76 Å². The Kier molecular flexibility index (Phi) is 2.43. The Morgan fingerprint density at radius 1 is 1.73 bits per heavy atom. The van der Waals surface area contributed by atoms with Crippen molar-refractivity contribution in [3.05, 3.63) is 23.6 Å². The van der Waals surface area contributed by atoms with E-state index in [1.165, 1.54) is 6.21 Å². The quantitative estimate of drug-likeness (QED) is 0.396. The van der Waals surface area contributed by atoms with Gasteiger partial charge in [-0.2, -0.15) is 0 Å². The van der Waals surface area contributed by atoms with Gasteiger partial charge in [-0.05, 0) is 19.1 Å². The highest BCUT2D eigenvalue weighted by Gasteiger charge is 1.95. The van der Waals surface area contributed by atoms with E-state index in [1.807, 2.05) is 6.92 Å². The summed E-state index contributed by atoms with van der Waals surface area (Å²) in [4.78, 5) is 0. The monoisotopic (exact) mass is 152 g/mol.